The van der Waals surface area contributed by atoms with Gasteiger partial charge in [-0.2, -0.15) is 0 Å². The van der Waals surface area contributed by atoms with Gasteiger partial charge in [0.2, 0.25) is 0 Å². The van der Waals surface area contributed by atoms with Crippen molar-refractivity contribution in [2.45, 2.75) is 25.7 Å². The second kappa shape index (κ2) is 11.9. The Morgan fingerprint density at radius 2 is 1.31 bits per heavy atom. The second-order valence-corrected chi connectivity index (χ2v) is 3.30. The molecule has 0 fully saturated rings. The van der Waals surface area contributed by atoms with Gasteiger partial charge in [0.1, 0.15) is 0 Å². The highest BCUT2D eigenvalue weighted by atomic mass is 35.5. The summed E-state index contributed by atoms with van der Waals surface area (Å²) in [7, 11) is 0. The number of halogens is 2. The van der Waals surface area contributed by atoms with Crippen LogP contribution in [0.3, 0.4) is 0 Å². The third-order valence-corrected chi connectivity index (χ3v) is 1.89. The molecule has 0 spiro atoms. The average Bonchev–Trinajstić information content (AvgIpc) is 2.16. The van der Waals surface area contributed by atoms with E-state index in [-0.39, 0.29) is 0 Å². The predicted octanol–water partition coefficient (Wildman–Crippen LogP) is 4.07. The van der Waals surface area contributed by atoms with Crippen LogP contribution in [0.5, 0.6) is 0 Å². The fourth-order valence-corrected chi connectivity index (χ4v) is 0.991. The summed E-state index contributed by atoms with van der Waals surface area (Å²) in [4.78, 5) is 0. The van der Waals surface area contributed by atoms with Crippen molar-refractivity contribution in [1.29, 1.82) is 0 Å². The molecular formula is C10H16Cl2O. The monoisotopic (exact) mass is 222 g/mol. The summed E-state index contributed by atoms with van der Waals surface area (Å²) in [6.45, 7) is 0. The molecule has 0 heterocycles. The van der Waals surface area contributed by atoms with Gasteiger partial charge < -0.3 is 4.74 Å². The van der Waals surface area contributed by atoms with Crippen molar-refractivity contribution in [3.63, 3.8) is 0 Å². The number of hydrogen-bond acceptors (Lipinski definition) is 1. The Hall–Kier alpha value is -0.140. The van der Waals surface area contributed by atoms with E-state index in [0.29, 0.717) is 11.8 Å². The van der Waals surface area contributed by atoms with Crippen LogP contribution >= 0.6 is 23.2 Å². The first-order valence-electron chi connectivity index (χ1n) is 4.49. The van der Waals surface area contributed by atoms with Crippen molar-refractivity contribution in [2.24, 2.45) is 0 Å². The number of ether oxygens (including phenoxy) is 1. The summed E-state index contributed by atoms with van der Waals surface area (Å²) in [5, 5.41) is 0. The molecule has 0 rings (SSSR count). The van der Waals surface area contributed by atoms with Crippen LogP contribution in [-0.4, -0.2) is 11.8 Å². The number of hydrogen-bond donors (Lipinski definition) is 0. The normalized spacial score (nSPS) is 11.5. The molecule has 0 aliphatic rings. The van der Waals surface area contributed by atoms with Crippen molar-refractivity contribution >= 4 is 23.2 Å². The highest BCUT2D eigenvalue weighted by Gasteiger charge is 1.79. The molecule has 0 unspecified atom stereocenters. The van der Waals surface area contributed by atoms with Crippen molar-refractivity contribution < 1.29 is 4.74 Å². The molecule has 0 saturated heterocycles. The average molecular weight is 223 g/mol. The summed E-state index contributed by atoms with van der Waals surface area (Å²) >= 11 is 11.0. The predicted molar refractivity (Wildman–Crippen MR) is 59.3 cm³/mol. The Morgan fingerprint density at radius 3 is 1.69 bits per heavy atom. The van der Waals surface area contributed by atoms with Gasteiger partial charge in [-0.1, -0.05) is 0 Å². The van der Waals surface area contributed by atoms with Crippen LogP contribution in [0.2, 0.25) is 0 Å². The Morgan fingerprint density at radius 1 is 0.846 bits per heavy atom. The van der Waals surface area contributed by atoms with E-state index in [4.69, 9.17) is 27.9 Å². The van der Waals surface area contributed by atoms with Gasteiger partial charge in [0.15, 0.2) is 0 Å². The van der Waals surface area contributed by atoms with E-state index >= 15 is 0 Å². The van der Waals surface area contributed by atoms with E-state index in [9.17, 15) is 0 Å². The summed E-state index contributed by atoms with van der Waals surface area (Å²) in [6, 6.07) is 0. The minimum absolute atomic E-state index is 0.704. The Bertz CT molecular complexity index is 128. The number of unbranched alkanes of at least 4 members (excludes halogenated alkanes) is 2. The minimum atomic E-state index is 0.704. The molecule has 76 valence electrons. The highest BCUT2D eigenvalue weighted by Crippen LogP contribution is 1.96. The van der Waals surface area contributed by atoms with Gasteiger partial charge in [-0.25, -0.2) is 0 Å². The first-order chi connectivity index (χ1) is 6.41. The molecule has 0 aromatic carbocycles. The molecule has 3 heteroatoms. The number of rotatable bonds is 8. The van der Waals surface area contributed by atoms with Crippen molar-refractivity contribution in [3.05, 3.63) is 24.7 Å². The van der Waals surface area contributed by atoms with Crippen LogP contribution in [0.4, 0.5) is 0 Å². The number of alkyl halides is 2. The van der Waals surface area contributed by atoms with Crippen molar-refractivity contribution in [2.75, 3.05) is 11.8 Å². The quantitative estimate of drug-likeness (QED) is 0.342. The first kappa shape index (κ1) is 12.9. The lowest BCUT2D eigenvalue weighted by molar-refractivity contribution is 0.398. The lowest BCUT2D eigenvalue weighted by atomic mass is 10.3. The zero-order valence-corrected chi connectivity index (χ0v) is 9.23. The van der Waals surface area contributed by atoms with E-state index in [1.165, 1.54) is 0 Å². The van der Waals surface area contributed by atoms with Gasteiger partial charge in [0.05, 0.1) is 12.5 Å². The van der Waals surface area contributed by atoms with Crippen LogP contribution in [0.15, 0.2) is 24.7 Å². The molecule has 0 atom stereocenters. The maximum absolute atomic E-state index is 5.50. The smallest absolute Gasteiger partial charge is 0.0861 e. The lowest BCUT2D eigenvalue weighted by Crippen LogP contribution is -1.73. The third kappa shape index (κ3) is 11.9. The molecule has 0 N–H and O–H groups in total. The largest absolute Gasteiger partial charge is 0.473 e. The van der Waals surface area contributed by atoms with Crippen molar-refractivity contribution in [1.82, 2.24) is 0 Å². The zero-order valence-electron chi connectivity index (χ0n) is 7.72. The summed E-state index contributed by atoms with van der Waals surface area (Å²) in [5.74, 6) is 1.41. The standard InChI is InChI=1S/C10H16Cl2O/c11-7-3-1-5-9-13-10-6-2-4-8-12/h5-6,9-10H,1-4,7-8H2. The first-order valence-corrected chi connectivity index (χ1v) is 5.56. The van der Waals surface area contributed by atoms with E-state index in [2.05, 4.69) is 0 Å². The molecule has 13 heavy (non-hydrogen) atoms. The maximum Gasteiger partial charge on any atom is 0.0861 e. The lowest BCUT2D eigenvalue weighted by Gasteiger charge is -1.90. The fraction of sp³-hybridized carbons (Fsp3) is 0.600. The van der Waals surface area contributed by atoms with Crippen LogP contribution < -0.4 is 0 Å². The minimum Gasteiger partial charge on any atom is -0.473 e. The van der Waals surface area contributed by atoms with Gasteiger partial charge in [-0.05, 0) is 37.8 Å². The Labute approximate surface area is 90.4 Å². The molecule has 0 aromatic rings. The van der Waals surface area contributed by atoms with E-state index in [0.717, 1.165) is 25.7 Å². The van der Waals surface area contributed by atoms with Gasteiger partial charge in [0.25, 0.3) is 0 Å². The number of allylic oxidation sites excluding steroid dienone is 2. The van der Waals surface area contributed by atoms with Crippen LogP contribution in [0, 0.1) is 0 Å². The topological polar surface area (TPSA) is 9.23 Å². The maximum atomic E-state index is 5.50. The molecule has 0 aliphatic heterocycles. The van der Waals surface area contributed by atoms with E-state index in [1.807, 2.05) is 12.2 Å². The fourth-order valence-electron chi connectivity index (χ4n) is 0.683. The second-order valence-electron chi connectivity index (χ2n) is 2.54. The van der Waals surface area contributed by atoms with Gasteiger partial charge in [-0.15, -0.1) is 23.2 Å². The zero-order chi connectivity index (χ0) is 9.78. The molecule has 0 amide bonds. The third-order valence-electron chi connectivity index (χ3n) is 1.36. The molecule has 0 radical (unpaired) electrons. The van der Waals surface area contributed by atoms with Crippen LogP contribution in [-0.2, 0) is 4.74 Å². The summed E-state index contributed by atoms with van der Waals surface area (Å²) < 4.78 is 5.08. The van der Waals surface area contributed by atoms with E-state index < -0.39 is 0 Å². The van der Waals surface area contributed by atoms with E-state index in [1.54, 1.807) is 12.5 Å². The molecule has 0 aliphatic carbocycles. The van der Waals surface area contributed by atoms with Gasteiger partial charge in [0, 0.05) is 11.8 Å². The van der Waals surface area contributed by atoms with Crippen LogP contribution in [0.1, 0.15) is 25.7 Å². The molecular weight excluding hydrogens is 207 g/mol. The Balaban J connectivity index is 3.13. The van der Waals surface area contributed by atoms with Crippen LogP contribution in [0.25, 0.3) is 0 Å². The summed E-state index contributed by atoms with van der Waals surface area (Å²) in [6.07, 6.45) is 11.2. The molecule has 0 saturated carbocycles. The summed E-state index contributed by atoms with van der Waals surface area (Å²) in [5.41, 5.74) is 0. The molecule has 1 nitrogen and oxygen atoms in total. The molecule has 0 aromatic heterocycles. The highest BCUT2D eigenvalue weighted by molar-refractivity contribution is 6.18. The van der Waals surface area contributed by atoms with Gasteiger partial charge in [-0.3, -0.25) is 0 Å². The Kier molecular flexibility index (Phi) is 11.7. The van der Waals surface area contributed by atoms with Crippen molar-refractivity contribution in [3.8, 4) is 0 Å². The van der Waals surface area contributed by atoms with Gasteiger partial charge >= 0.3 is 0 Å². The SMILES string of the molecule is ClCCCC=COC=CCCCCl. The molecule has 0 bridgehead atoms.